The molecule has 3 aromatic rings. The number of nitrogens with zero attached hydrogens (tertiary/aromatic N) is 2. The Kier molecular flexibility index (Phi) is 7.00. The number of hydrogen-bond donors (Lipinski definition) is 1. The van der Waals surface area contributed by atoms with E-state index in [1.165, 1.54) is 10.4 Å². The van der Waals surface area contributed by atoms with Gasteiger partial charge in [0.05, 0.1) is 7.11 Å². The summed E-state index contributed by atoms with van der Waals surface area (Å²) in [5.41, 5.74) is 8.69. The highest BCUT2D eigenvalue weighted by Gasteiger charge is 2.33. The number of anilines is 1. The zero-order valence-corrected chi connectivity index (χ0v) is 20.8. The monoisotopic (exact) mass is 495 g/mol. The number of piperazine rings is 1. The SMILES string of the molecule is COc1ccc(C(=O)N2CCN(S(=O)(=O)c3cc(N)ccc3Oc3cc(C)ccc3C)CC2)cc1. The van der Waals surface area contributed by atoms with Crippen molar-refractivity contribution >= 4 is 21.6 Å². The Hall–Kier alpha value is -3.56. The van der Waals surface area contributed by atoms with E-state index in [4.69, 9.17) is 15.2 Å². The number of carbonyl (C=O) groups is 1. The first-order chi connectivity index (χ1) is 16.7. The molecule has 0 atom stereocenters. The van der Waals surface area contributed by atoms with Gasteiger partial charge in [0.15, 0.2) is 0 Å². The summed E-state index contributed by atoms with van der Waals surface area (Å²) >= 11 is 0. The summed E-state index contributed by atoms with van der Waals surface area (Å²) in [7, 11) is -2.34. The molecule has 0 saturated carbocycles. The van der Waals surface area contributed by atoms with Crippen LogP contribution in [0.4, 0.5) is 5.69 Å². The van der Waals surface area contributed by atoms with Gasteiger partial charge in [-0.05, 0) is 73.5 Å². The van der Waals surface area contributed by atoms with E-state index in [0.717, 1.165) is 11.1 Å². The molecule has 2 N–H and O–H groups in total. The highest BCUT2D eigenvalue weighted by atomic mass is 32.2. The second-order valence-corrected chi connectivity index (χ2v) is 10.4. The molecule has 0 spiro atoms. The average molecular weight is 496 g/mol. The number of benzene rings is 3. The van der Waals surface area contributed by atoms with Crippen LogP contribution >= 0.6 is 0 Å². The molecule has 0 aliphatic carbocycles. The maximum absolute atomic E-state index is 13.6. The first-order valence-electron chi connectivity index (χ1n) is 11.3. The maximum Gasteiger partial charge on any atom is 0.253 e. The summed E-state index contributed by atoms with van der Waals surface area (Å²) in [6.07, 6.45) is 0. The molecule has 3 aromatic carbocycles. The highest BCUT2D eigenvalue weighted by Crippen LogP contribution is 2.34. The fourth-order valence-electron chi connectivity index (χ4n) is 3.93. The third-order valence-electron chi connectivity index (χ3n) is 6.01. The van der Waals surface area contributed by atoms with Gasteiger partial charge in [-0.25, -0.2) is 8.42 Å². The predicted octanol–water partition coefficient (Wildman–Crippen LogP) is 3.83. The van der Waals surface area contributed by atoms with Gasteiger partial charge in [0.2, 0.25) is 10.0 Å². The van der Waals surface area contributed by atoms with E-state index in [0.29, 0.717) is 22.7 Å². The molecule has 4 rings (SSSR count). The van der Waals surface area contributed by atoms with E-state index in [9.17, 15) is 13.2 Å². The number of rotatable bonds is 6. The predicted molar refractivity (Wildman–Crippen MR) is 135 cm³/mol. The van der Waals surface area contributed by atoms with Gasteiger partial charge in [-0.15, -0.1) is 0 Å². The second kappa shape index (κ2) is 9.97. The first kappa shape index (κ1) is 24.6. The van der Waals surface area contributed by atoms with Gasteiger partial charge in [-0.2, -0.15) is 4.31 Å². The number of methoxy groups -OCH3 is 1. The van der Waals surface area contributed by atoms with Crippen LogP contribution in [0.25, 0.3) is 0 Å². The lowest BCUT2D eigenvalue weighted by atomic mass is 10.1. The van der Waals surface area contributed by atoms with Crippen LogP contribution < -0.4 is 15.2 Å². The maximum atomic E-state index is 13.6. The van der Waals surface area contributed by atoms with E-state index >= 15 is 0 Å². The van der Waals surface area contributed by atoms with Crippen LogP contribution in [0, 0.1) is 13.8 Å². The lowest BCUT2D eigenvalue weighted by molar-refractivity contribution is 0.0697. The van der Waals surface area contributed by atoms with Crippen LogP contribution in [0.3, 0.4) is 0 Å². The van der Waals surface area contributed by atoms with Crippen molar-refractivity contribution in [2.45, 2.75) is 18.7 Å². The average Bonchev–Trinajstić information content (AvgIpc) is 2.87. The van der Waals surface area contributed by atoms with Crippen LogP contribution in [0.15, 0.2) is 65.6 Å². The van der Waals surface area contributed by atoms with Crippen LogP contribution in [0.1, 0.15) is 21.5 Å². The largest absolute Gasteiger partial charge is 0.497 e. The summed E-state index contributed by atoms with van der Waals surface area (Å²) in [6, 6.07) is 17.2. The van der Waals surface area contributed by atoms with Crippen molar-refractivity contribution in [3.63, 3.8) is 0 Å². The topological polar surface area (TPSA) is 102 Å². The van der Waals surface area contributed by atoms with E-state index in [2.05, 4.69) is 0 Å². The van der Waals surface area contributed by atoms with Gasteiger partial charge in [0, 0.05) is 37.4 Å². The lowest BCUT2D eigenvalue weighted by Gasteiger charge is -2.34. The molecule has 1 fully saturated rings. The number of carbonyl (C=O) groups excluding carboxylic acids is 1. The molecule has 1 saturated heterocycles. The van der Waals surface area contributed by atoms with Gasteiger partial charge in [-0.3, -0.25) is 4.79 Å². The molecular formula is C26H29N3O5S. The fourth-order valence-corrected chi connectivity index (χ4v) is 5.50. The van der Waals surface area contributed by atoms with E-state index in [-0.39, 0.29) is 42.7 Å². The van der Waals surface area contributed by atoms with Gasteiger partial charge in [0.1, 0.15) is 22.1 Å². The minimum absolute atomic E-state index is 0.00772. The Morgan fingerprint density at radius 1 is 0.886 bits per heavy atom. The Labute approximate surface area is 205 Å². The highest BCUT2D eigenvalue weighted by molar-refractivity contribution is 7.89. The summed E-state index contributed by atoms with van der Waals surface area (Å²) in [5.74, 6) is 1.32. The number of nitrogen functional groups attached to an aromatic ring is 1. The molecule has 9 heteroatoms. The Morgan fingerprint density at radius 2 is 1.57 bits per heavy atom. The molecule has 1 aliphatic rings. The van der Waals surface area contributed by atoms with Crippen LogP contribution in [0.5, 0.6) is 17.2 Å². The van der Waals surface area contributed by atoms with Crippen molar-refractivity contribution in [2.75, 3.05) is 39.0 Å². The van der Waals surface area contributed by atoms with Gasteiger partial charge >= 0.3 is 0 Å². The summed E-state index contributed by atoms with van der Waals surface area (Å²) in [4.78, 5) is 14.5. The number of hydrogen-bond acceptors (Lipinski definition) is 6. The third kappa shape index (κ3) is 5.26. The fraction of sp³-hybridized carbons (Fsp3) is 0.269. The van der Waals surface area contributed by atoms with Crippen LogP contribution in [0.2, 0.25) is 0 Å². The summed E-state index contributed by atoms with van der Waals surface area (Å²) < 4.78 is 39.7. The summed E-state index contributed by atoms with van der Waals surface area (Å²) in [5, 5.41) is 0. The van der Waals surface area contributed by atoms with Crippen molar-refractivity contribution in [2.24, 2.45) is 0 Å². The molecule has 184 valence electrons. The lowest BCUT2D eigenvalue weighted by Crippen LogP contribution is -2.50. The van der Waals surface area contributed by atoms with Gasteiger partial charge in [-0.1, -0.05) is 12.1 Å². The molecule has 0 radical (unpaired) electrons. The Morgan fingerprint density at radius 3 is 2.23 bits per heavy atom. The smallest absolute Gasteiger partial charge is 0.253 e. The zero-order valence-electron chi connectivity index (χ0n) is 20.0. The standard InChI is InChI=1S/C26H29N3O5S/c1-18-4-5-19(2)24(16-18)34-23-11-8-21(27)17-25(23)35(31,32)29-14-12-28(13-15-29)26(30)20-6-9-22(33-3)10-7-20/h4-11,16-17H,12-15,27H2,1-3H3. The van der Waals surface area contributed by atoms with E-state index in [1.807, 2.05) is 32.0 Å². The second-order valence-electron chi connectivity index (χ2n) is 8.50. The van der Waals surface area contributed by atoms with E-state index < -0.39 is 10.0 Å². The van der Waals surface area contributed by atoms with Crippen LogP contribution in [-0.2, 0) is 10.0 Å². The van der Waals surface area contributed by atoms with E-state index in [1.54, 1.807) is 48.4 Å². The molecule has 0 unspecified atom stereocenters. The van der Waals surface area contributed by atoms with Gasteiger partial charge < -0.3 is 20.1 Å². The van der Waals surface area contributed by atoms with Crippen LogP contribution in [-0.4, -0.2) is 56.8 Å². The van der Waals surface area contributed by atoms with Crippen molar-refractivity contribution in [1.82, 2.24) is 9.21 Å². The summed E-state index contributed by atoms with van der Waals surface area (Å²) in [6.45, 7) is 4.74. The van der Waals surface area contributed by atoms with Crippen molar-refractivity contribution < 1.29 is 22.7 Å². The number of aryl methyl sites for hydroxylation is 2. The first-order valence-corrected chi connectivity index (χ1v) is 12.7. The van der Waals surface area contributed by atoms with Crippen molar-refractivity contribution in [3.8, 4) is 17.2 Å². The normalized spacial score (nSPS) is 14.5. The number of ether oxygens (including phenoxy) is 2. The number of nitrogens with two attached hydrogens (primary N) is 1. The number of amides is 1. The molecule has 35 heavy (non-hydrogen) atoms. The van der Waals surface area contributed by atoms with Gasteiger partial charge in [0.25, 0.3) is 5.91 Å². The van der Waals surface area contributed by atoms with Crippen molar-refractivity contribution in [3.05, 3.63) is 77.4 Å². The molecule has 0 aromatic heterocycles. The number of sulfonamides is 1. The minimum Gasteiger partial charge on any atom is -0.497 e. The molecule has 1 amide bonds. The third-order valence-corrected chi connectivity index (χ3v) is 7.93. The molecule has 1 heterocycles. The Balaban J connectivity index is 1.53. The quantitative estimate of drug-likeness (QED) is 0.522. The zero-order chi connectivity index (χ0) is 25.2. The Bertz CT molecular complexity index is 1330. The molecular weight excluding hydrogens is 466 g/mol. The minimum atomic E-state index is -3.91. The van der Waals surface area contributed by atoms with Crippen molar-refractivity contribution in [1.29, 1.82) is 0 Å². The molecule has 8 nitrogen and oxygen atoms in total. The molecule has 0 bridgehead atoms. The molecule has 1 aliphatic heterocycles.